The highest BCUT2D eigenvalue weighted by Crippen LogP contribution is 2.30. The molecule has 5 heteroatoms. The zero-order valence-electron chi connectivity index (χ0n) is 11.8. The number of piperidine rings is 1. The summed E-state index contributed by atoms with van der Waals surface area (Å²) in [5.74, 6) is 0.954. The van der Waals surface area contributed by atoms with E-state index in [0.29, 0.717) is 5.02 Å². The van der Waals surface area contributed by atoms with E-state index < -0.39 is 0 Å². The Bertz CT molecular complexity index is 482. The van der Waals surface area contributed by atoms with Crippen molar-refractivity contribution in [2.45, 2.75) is 32.6 Å². The quantitative estimate of drug-likeness (QED) is 0.387. The molecule has 1 aliphatic rings. The first kappa shape index (κ1) is 15.0. The van der Waals surface area contributed by atoms with E-state index in [2.05, 4.69) is 17.0 Å². The lowest BCUT2D eigenvalue weighted by Crippen LogP contribution is -2.35. The van der Waals surface area contributed by atoms with E-state index in [1.807, 2.05) is 12.1 Å². The molecule has 0 unspecified atom stereocenters. The minimum Gasteiger partial charge on any atom is -0.409 e. The third-order valence-electron chi connectivity index (χ3n) is 4.00. The van der Waals surface area contributed by atoms with Gasteiger partial charge < -0.3 is 15.8 Å². The van der Waals surface area contributed by atoms with Gasteiger partial charge in [0.25, 0.3) is 0 Å². The van der Waals surface area contributed by atoms with Crippen LogP contribution in [-0.4, -0.2) is 24.1 Å². The van der Waals surface area contributed by atoms with Crippen LogP contribution in [0.1, 0.15) is 38.2 Å². The molecule has 1 aromatic rings. The Kier molecular flexibility index (Phi) is 5.12. The molecule has 0 amide bonds. The second kappa shape index (κ2) is 6.84. The maximum absolute atomic E-state index is 8.90. The minimum atomic E-state index is 0.132. The number of nitrogens with zero attached hydrogens (tertiary/aromatic N) is 2. The summed E-state index contributed by atoms with van der Waals surface area (Å²) in [5, 5.41) is 12.7. The molecule has 0 saturated carbocycles. The SMILES string of the molecule is CCCC1CCN(c2cc(Cl)ccc2C(N)=NO)CC1. The summed E-state index contributed by atoms with van der Waals surface area (Å²) in [4.78, 5) is 2.28. The van der Waals surface area contributed by atoms with Crippen molar-refractivity contribution in [1.82, 2.24) is 0 Å². The lowest BCUT2D eigenvalue weighted by atomic mass is 9.92. The van der Waals surface area contributed by atoms with E-state index in [1.54, 1.807) is 6.07 Å². The molecule has 1 heterocycles. The second-order valence-corrected chi connectivity index (χ2v) is 5.80. The number of oxime groups is 1. The van der Waals surface area contributed by atoms with Gasteiger partial charge in [-0.25, -0.2) is 0 Å². The summed E-state index contributed by atoms with van der Waals surface area (Å²) in [6.45, 7) is 4.23. The van der Waals surface area contributed by atoms with Crippen LogP contribution in [0.15, 0.2) is 23.4 Å². The Labute approximate surface area is 125 Å². The van der Waals surface area contributed by atoms with Crippen molar-refractivity contribution in [3.05, 3.63) is 28.8 Å². The average molecular weight is 296 g/mol. The van der Waals surface area contributed by atoms with E-state index in [0.717, 1.165) is 30.3 Å². The summed E-state index contributed by atoms with van der Waals surface area (Å²) in [6.07, 6.45) is 4.93. The lowest BCUT2D eigenvalue weighted by Gasteiger charge is -2.34. The van der Waals surface area contributed by atoms with Crippen LogP contribution in [0.4, 0.5) is 5.69 Å². The van der Waals surface area contributed by atoms with Crippen LogP contribution in [0.3, 0.4) is 0 Å². The molecule has 1 aromatic carbocycles. The molecule has 0 atom stereocenters. The maximum atomic E-state index is 8.90. The second-order valence-electron chi connectivity index (χ2n) is 5.37. The Balaban J connectivity index is 2.18. The van der Waals surface area contributed by atoms with Crippen molar-refractivity contribution in [2.75, 3.05) is 18.0 Å². The normalized spacial score (nSPS) is 17.5. The minimum absolute atomic E-state index is 0.132. The number of halogens is 1. The molecule has 0 aromatic heterocycles. The number of amidine groups is 1. The van der Waals surface area contributed by atoms with Gasteiger partial charge in [-0.15, -0.1) is 0 Å². The number of anilines is 1. The highest BCUT2D eigenvalue weighted by atomic mass is 35.5. The van der Waals surface area contributed by atoms with E-state index in [-0.39, 0.29) is 5.84 Å². The van der Waals surface area contributed by atoms with Gasteiger partial charge in [-0.3, -0.25) is 0 Å². The summed E-state index contributed by atoms with van der Waals surface area (Å²) < 4.78 is 0. The zero-order valence-corrected chi connectivity index (χ0v) is 12.6. The van der Waals surface area contributed by atoms with Crippen LogP contribution in [0.5, 0.6) is 0 Å². The predicted octanol–water partition coefficient (Wildman–Crippen LogP) is 3.45. The van der Waals surface area contributed by atoms with E-state index in [1.165, 1.54) is 25.7 Å². The molecule has 0 radical (unpaired) electrons. The Morgan fingerprint density at radius 3 is 2.75 bits per heavy atom. The Morgan fingerprint density at radius 1 is 1.45 bits per heavy atom. The molecule has 110 valence electrons. The molecule has 20 heavy (non-hydrogen) atoms. The third kappa shape index (κ3) is 3.37. The summed E-state index contributed by atoms with van der Waals surface area (Å²) in [5.41, 5.74) is 7.46. The van der Waals surface area contributed by atoms with Crippen LogP contribution in [0.25, 0.3) is 0 Å². The lowest BCUT2D eigenvalue weighted by molar-refractivity contribution is 0.318. The van der Waals surface area contributed by atoms with Gasteiger partial charge >= 0.3 is 0 Å². The van der Waals surface area contributed by atoms with Gasteiger partial charge in [0.15, 0.2) is 5.84 Å². The Hall–Kier alpha value is -1.42. The van der Waals surface area contributed by atoms with Crippen molar-refractivity contribution in [2.24, 2.45) is 16.8 Å². The van der Waals surface area contributed by atoms with E-state index in [9.17, 15) is 0 Å². The summed E-state index contributed by atoms with van der Waals surface area (Å²) >= 11 is 6.09. The fourth-order valence-corrected chi connectivity index (χ4v) is 3.07. The van der Waals surface area contributed by atoms with Gasteiger partial charge in [0.1, 0.15) is 0 Å². The molecule has 1 aliphatic heterocycles. The van der Waals surface area contributed by atoms with Gasteiger partial charge in [-0.1, -0.05) is 36.5 Å². The van der Waals surface area contributed by atoms with Crippen LogP contribution in [0.2, 0.25) is 5.02 Å². The van der Waals surface area contributed by atoms with Crippen LogP contribution in [0, 0.1) is 5.92 Å². The molecular formula is C15H22ClN3O. The van der Waals surface area contributed by atoms with E-state index >= 15 is 0 Å². The van der Waals surface area contributed by atoms with Gasteiger partial charge in [0.2, 0.25) is 0 Å². The van der Waals surface area contributed by atoms with Crippen molar-refractivity contribution in [1.29, 1.82) is 0 Å². The number of rotatable bonds is 4. The number of benzene rings is 1. The molecule has 1 saturated heterocycles. The van der Waals surface area contributed by atoms with Crippen molar-refractivity contribution in [3.8, 4) is 0 Å². The average Bonchev–Trinajstić information content (AvgIpc) is 2.47. The van der Waals surface area contributed by atoms with Crippen molar-refractivity contribution in [3.63, 3.8) is 0 Å². The molecule has 3 N–H and O–H groups in total. The van der Waals surface area contributed by atoms with Crippen LogP contribution >= 0.6 is 11.6 Å². The summed E-state index contributed by atoms with van der Waals surface area (Å²) in [6, 6.07) is 5.47. The molecule has 0 spiro atoms. The van der Waals surface area contributed by atoms with Crippen molar-refractivity contribution < 1.29 is 5.21 Å². The fraction of sp³-hybridized carbons (Fsp3) is 0.533. The first-order valence-corrected chi connectivity index (χ1v) is 7.56. The maximum Gasteiger partial charge on any atom is 0.172 e. The number of hydrogen-bond donors (Lipinski definition) is 2. The molecule has 0 aliphatic carbocycles. The number of nitrogens with two attached hydrogens (primary N) is 1. The standard InChI is InChI=1S/C15H22ClN3O/c1-2-3-11-6-8-19(9-7-11)14-10-12(16)4-5-13(14)15(17)18-20/h4-5,10-11,20H,2-3,6-9H2,1H3,(H2,17,18). The van der Waals surface area contributed by atoms with Crippen molar-refractivity contribution >= 4 is 23.1 Å². The summed E-state index contributed by atoms with van der Waals surface area (Å²) in [7, 11) is 0. The first-order valence-electron chi connectivity index (χ1n) is 7.18. The van der Waals surface area contributed by atoms with Gasteiger partial charge in [-0.2, -0.15) is 0 Å². The monoisotopic (exact) mass is 295 g/mol. The van der Waals surface area contributed by atoms with Crippen LogP contribution in [-0.2, 0) is 0 Å². The third-order valence-corrected chi connectivity index (χ3v) is 4.23. The topological polar surface area (TPSA) is 61.8 Å². The van der Waals surface area contributed by atoms with Gasteiger partial charge in [-0.05, 0) is 37.0 Å². The first-order chi connectivity index (χ1) is 9.65. The highest BCUT2D eigenvalue weighted by Gasteiger charge is 2.21. The molecule has 0 bridgehead atoms. The molecule has 4 nitrogen and oxygen atoms in total. The Morgan fingerprint density at radius 2 is 2.15 bits per heavy atom. The molecular weight excluding hydrogens is 274 g/mol. The number of hydrogen-bond acceptors (Lipinski definition) is 3. The van der Waals surface area contributed by atoms with Crippen LogP contribution < -0.4 is 10.6 Å². The van der Waals surface area contributed by atoms with Gasteiger partial charge in [0.05, 0.1) is 0 Å². The molecule has 1 fully saturated rings. The highest BCUT2D eigenvalue weighted by molar-refractivity contribution is 6.31. The van der Waals surface area contributed by atoms with Gasteiger partial charge in [0, 0.05) is 29.4 Å². The predicted molar refractivity (Wildman–Crippen MR) is 83.8 cm³/mol. The largest absolute Gasteiger partial charge is 0.409 e. The fourth-order valence-electron chi connectivity index (χ4n) is 2.91. The zero-order chi connectivity index (χ0) is 14.5. The molecule has 2 rings (SSSR count). The van der Waals surface area contributed by atoms with E-state index in [4.69, 9.17) is 22.5 Å². The smallest absolute Gasteiger partial charge is 0.172 e.